The predicted molar refractivity (Wildman–Crippen MR) is 74.4 cm³/mol. The molecule has 2 nitrogen and oxygen atoms in total. The zero-order valence-electron chi connectivity index (χ0n) is 11.7. The van der Waals surface area contributed by atoms with E-state index >= 15 is 0 Å². The van der Waals surface area contributed by atoms with E-state index in [1.807, 2.05) is 12.1 Å². The molecule has 1 aromatic carbocycles. The van der Waals surface area contributed by atoms with Crippen molar-refractivity contribution in [3.8, 4) is 6.07 Å². The smallest absolute Gasteiger partial charge is 0.0940 e. The van der Waals surface area contributed by atoms with Crippen molar-refractivity contribution in [2.45, 2.75) is 45.1 Å². The monoisotopic (exact) mass is 255 g/mol. The highest BCUT2D eigenvalue weighted by Crippen LogP contribution is 2.56. The summed E-state index contributed by atoms with van der Waals surface area (Å²) in [5.41, 5.74) is 1.11. The molecule has 1 fully saturated rings. The molecule has 0 aliphatic heterocycles. The number of hydrogen-bond donors (Lipinski definition) is 1. The first-order valence-electron chi connectivity index (χ1n) is 7.20. The molecule has 0 aromatic heterocycles. The summed E-state index contributed by atoms with van der Waals surface area (Å²) >= 11 is 0. The second-order valence-electron chi connectivity index (χ2n) is 6.76. The Morgan fingerprint density at radius 3 is 2.16 bits per heavy atom. The molecule has 1 aromatic rings. The van der Waals surface area contributed by atoms with E-state index < -0.39 is 11.0 Å². The van der Waals surface area contributed by atoms with E-state index in [4.69, 9.17) is 0 Å². The van der Waals surface area contributed by atoms with E-state index in [0.29, 0.717) is 24.7 Å². The van der Waals surface area contributed by atoms with Gasteiger partial charge in [-0.05, 0) is 48.6 Å². The summed E-state index contributed by atoms with van der Waals surface area (Å²) in [4.78, 5) is 0. The minimum Gasteiger partial charge on any atom is -0.388 e. The van der Waals surface area contributed by atoms with Crippen LogP contribution in [-0.2, 0) is 12.8 Å². The number of benzene rings is 1. The maximum Gasteiger partial charge on any atom is 0.0940 e. The van der Waals surface area contributed by atoms with Gasteiger partial charge in [0, 0.05) is 0 Å². The standard InChI is InChI=1S/C17H21NO/c1-12(2)15-9-17(19,10-15)16(11-18)7-13-5-3-4-6-14(13)8-16/h3-6,12,15,19H,7-10H2,1-2H3. The zero-order chi connectivity index (χ0) is 13.7. The molecule has 0 saturated heterocycles. The third kappa shape index (κ3) is 1.72. The van der Waals surface area contributed by atoms with Crippen molar-refractivity contribution >= 4 is 0 Å². The quantitative estimate of drug-likeness (QED) is 0.882. The Morgan fingerprint density at radius 2 is 1.74 bits per heavy atom. The van der Waals surface area contributed by atoms with E-state index in [9.17, 15) is 10.4 Å². The van der Waals surface area contributed by atoms with Crippen LogP contribution < -0.4 is 0 Å². The Morgan fingerprint density at radius 1 is 1.21 bits per heavy atom. The molecule has 0 bridgehead atoms. The highest BCUT2D eigenvalue weighted by Gasteiger charge is 2.60. The molecule has 19 heavy (non-hydrogen) atoms. The van der Waals surface area contributed by atoms with Crippen LogP contribution in [-0.4, -0.2) is 10.7 Å². The van der Waals surface area contributed by atoms with E-state index in [1.54, 1.807) is 0 Å². The number of nitriles is 1. The lowest BCUT2D eigenvalue weighted by Gasteiger charge is -2.53. The van der Waals surface area contributed by atoms with Gasteiger partial charge in [0.15, 0.2) is 0 Å². The van der Waals surface area contributed by atoms with Gasteiger partial charge in [0.25, 0.3) is 0 Å². The topological polar surface area (TPSA) is 44.0 Å². The molecular formula is C17H21NO. The Balaban J connectivity index is 1.87. The van der Waals surface area contributed by atoms with Crippen molar-refractivity contribution in [2.24, 2.45) is 17.3 Å². The van der Waals surface area contributed by atoms with Gasteiger partial charge < -0.3 is 5.11 Å². The Labute approximate surface area is 115 Å². The fourth-order valence-corrected chi connectivity index (χ4v) is 3.80. The molecule has 0 heterocycles. The summed E-state index contributed by atoms with van der Waals surface area (Å²) in [6, 6.07) is 10.7. The summed E-state index contributed by atoms with van der Waals surface area (Å²) in [6.45, 7) is 4.40. The average Bonchev–Trinajstić information content (AvgIpc) is 2.74. The van der Waals surface area contributed by atoms with Crippen LogP contribution in [0.15, 0.2) is 24.3 Å². The number of nitrogens with zero attached hydrogens (tertiary/aromatic N) is 1. The van der Waals surface area contributed by atoms with E-state index in [1.165, 1.54) is 11.1 Å². The van der Waals surface area contributed by atoms with Crippen molar-refractivity contribution in [1.29, 1.82) is 5.26 Å². The summed E-state index contributed by atoms with van der Waals surface area (Å²) in [7, 11) is 0. The third-order valence-corrected chi connectivity index (χ3v) is 5.35. The van der Waals surface area contributed by atoms with Crippen molar-refractivity contribution in [2.75, 3.05) is 0 Å². The molecule has 0 amide bonds. The van der Waals surface area contributed by atoms with Gasteiger partial charge in [0.2, 0.25) is 0 Å². The van der Waals surface area contributed by atoms with Gasteiger partial charge in [0.1, 0.15) is 0 Å². The highest BCUT2D eigenvalue weighted by atomic mass is 16.3. The molecule has 0 spiro atoms. The van der Waals surface area contributed by atoms with E-state index in [0.717, 1.165) is 12.8 Å². The first-order valence-corrected chi connectivity index (χ1v) is 7.20. The molecule has 0 unspecified atom stereocenters. The summed E-state index contributed by atoms with van der Waals surface area (Å²) in [5, 5.41) is 20.6. The molecule has 3 rings (SSSR count). The van der Waals surface area contributed by atoms with Crippen LogP contribution in [0.25, 0.3) is 0 Å². The minimum absolute atomic E-state index is 0.568. The largest absolute Gasteiger partial charge is 0.388 e. The van der Waals surface area contributed by atoms with Crippen molar-refractivity contribution in [1.82, 2.24) is 0 Å². The lowest BCUT2D eigenvalue weighted by Crippen LogP contribution is -2.58. The molecule has 1 N–H and O–H groups in total. The van der Waals surface area contributed by atoms with Crippen LogP contribution in [0.3, 0.4) is 0 Å². The normalized spacial score (nSPS) is 31.6. The summed E-state index contributed by atoms with van der Waals surface area (Å²) in [6.07, 6.45) is 2.99. The van der Waals surface area contributed by atoms with Gasteiger partial charge in [-0.2, -0.15) is 5.26 Å². The van der Waals surface area contributed by atoms with Gasteiger partial charge in [-0.25, -0.2) is 0 Å². The lowest BCUT2D eigenvalue weighted by atomic mass is 9.54. The minimum atomic E-state index is -0.782. The van der Waals surface area contributed by atoms with Gasteiger partial charge in [-0.15, -0.1) is 0 Å². The Kier molecular flexibility index (Phi) is 2.73. The predicted octanol–water partition coefficient (Wildman–Crippen LogP) is 3.09. The van der Waals surface area contributed by atoms with Gasteiger partial charge in [0.05, 0.1) is 17.1 Å². The number of hydrogen-bond acceptors (Lipinski definition) is 2. The lowest BCUT2D eigenvalue weighted by molar-refractivity contribution is -0.152. The van der Waals surface area contributed by atoms with Crippen molar-refractivity contribution < 1.29 is 5.11 Å². The van der Waals surface area contributed by atoms with Crippen LogP contribution in [0, 0.1) is 28.6 Å². The van der Waals surface area contributed by atoms with Gasteiger partial charge in [-0.1, -0.05) is 38.1 Å². The second kappa shape index (κ2) is 4.08. The molecular weight excluding hydrogens is 234 g/mol. The Bertz CT molecular complexity index is 509. The zero-order valence-corrected chi connectivity index (χ0v) is 11.7. The Hall–Kier alpha value is -1.33. The SMILES string of the molecule is CC(C)C1CC(O)(C2(C#N)Cc3ccccc3C2)C1. The third-order valence-electron chi connectivity index (χ3n) is 5.35. The van der Waals surface area contributed by atoms with Crippen LogP contribution >= 0.6 is 0 Å². The number of rotatable bonds is 2. The molecule has 0 atom stereocenters. The van der Waals surface area contributed by atoms with Crippen molar-refractivity contribution in [3.05, 3.63) is 35.4 Å². The van der Waals surface area contributed by atoms with Crippen molar-refractivity contribution in [3.63, 3.8) is 0 Å². The van der Waals surface area contributed by atoms with Crippen LogP contribution in [0.1, 0.15) is 37.8 Å². The molecule has 2 aliphatic rings. The first kappa shape index (κ1) is 12.7. The highest BCUT2D eigenvalue weighted by molar-refractivity contribution is 5.40. The average molecular weight is 255 g/mol. The van der Waals surface area contributed by atoms with Crippen LogP contribution in [0.2, 0.25) is 0 Å². The van der Waals surface area contributed by atoms with Gasteiger partial charge in [-0.3, -0.25) is 0 Å². The maximum absolute atomic E-state index is 10.9. The maximum atomic E-state index is 10.9. The fourth-order valence-electron chi connectivity index (χ4n) is 3.80. The van der Waals surface area contributed by atoms with E-state index in [2.05, 4.69) is 32.0 Å². The number of fused-ring (bicyclic) bond motifs is 1. The van der Waals surface area contributed by atoms with Crippen LogP contribution in [0.4, 0.5) is 0 Å². The van der Waals surface area contributed by atoms with Gasteiger partial charge >= 0.3 is 0 Å². The number of aliphatic hydroxyl groups is 1. The molecule has 2 aliphatic carbocycles. The molecule has 1 saturated carbocycles. The second-order valence-corrected chi connectivity index (χ2v) is 6.76. The first-order chi connectivity index (χ1) is 9.00. The summed E-state index contributed by atoms with van der Waals surface area (Å²) < 4.78 is 0. The van der Waals surface area contributed by atoms with E-state index in [-0.39, 0.29) is 0 Å². The van der Waals surface area contributed by atoms with Crippen LogP contribution in [0.5, 0.6) is 0 Å². The fraction of sp³-hybridized carbons (Fsp3) is 0.588. The molecule has 0 radical (unpaired) electrons. The molecule has 100 valence electrons. The summed E-state index contributed by atoms with van der Waals surface area (Å²) in [5.74, 6) is 1.17. The molecule has 2 heteroatoms.